The first-order valence-corrected chi connectivity index (χ1v) is 4.30. The third-order valence-corrected chi connectivity index (χ3v) is 2.62. The van der Waals surface area contributed by atoms with Gasteiger partial charge < -0.3 is 0 Å². The molecule has 0 aromatic carbocycles. The van der Waals surface area contributed by atoms with E-state index in [1.54, 1.807) is 0 Å². The number of rotatable bonds is 2. The number of hydrogen-bond donors (Lipinski definition) is 2. The molecule has 0 saturated heterocycles. The van der Waals surface area contributed by atoms with Gasteiger partial charge in [-0.3, -0.25) is 11.3 Å². The van der Waals surface area contributed by atoms with Gasteiger partial charge in [-0.2, -0.15) is 0 Å². The minimum Gasteiger partial charge on any atom is -0.271 e. The van der Waals surface area contributed by atoms with E-state index in [4.69, 9.17) is 5.84 Å². The molecule has 1 saturated carbocycles. The molecule has 60 valence electrons. The highest BCUT2D eigenvalue weighted by Crippen LogP contribution is 2.25. The molecule has 0 aliphatic heterocycles. The molecule has 1 atom stereocenters. The van der Waals surface area contributed by atoms with Gasteiger partial charge >= 0.3 is 0 Å². The Kier molecular flexibility index (Phi) is 3.16. The summed E-state index contributed by atoms with van der Waals surface area (Å²) in [5, 5.41) is 0. The average molecular weight is 142 g/mol. The van der Waals surface area contributed by atoms with Gasteiger partial charge in [-0.1, -0.05) is 19.3 Å². The summed E-state index contributed by atoms with van der Waals surface area (Å²) < 4.78 is 0. The Balaban J connectivity index is 2.24. The van der Waals surface area contributed by atoms with Crippen molar-refractivity contribution in [1.29, 1.82) is 0 Å². The molecular weight excluding hydrogens is 124 g/mol. The molecule has 0 bridgehead atoms. The number of hydrogen-bond acceptors (Lipinski definition) is 2. The van der Waals surface area contributed by atoms with Crippen LogP contribution < -0.4 is 11.3 Å². The number of hydrazine groups is 1. The SMILES string of the molecule is C[C@H](NN)C1CCCCC1. The van der Waals surface area contributed by atoms with Crippen molar-refractivity contribution in [2.75, 3.05) is 0 Å². The topological polar surface area (TPSA) is 38.0 Å². The van der Waals surface area contributed by atoms with Gasteiger partial charge in [0.15, 0.2) is 0 Å². The molecule has 1 rings (SSSR count). The molecule has 1 aliphatic carbocycles. The van der Waals surface area contributed by atoms with E-state index >= 15 is 0 Å². The lowest BCUT2D eigenvalue weighted by atomic mass is 9.85. The van der Waals surface area contributed by atoms with Gasteiger partial charge in [0.1, 0.15) is 0 Å². The smallest absolute Gasteiger partial charge is 0.0210 e. The summed E-state index contributed by atoms with van der Waals surface area (Å²) in [4.78, 5) is 0. The van der Waals surface area contributed by atoms with Crippen LogP contribution in [0.2, 0.25) is 0 Å². The summed E-state index contributed by atoms with van der Waals surface area (Å²) in [7, 11) is 0. The summed E-state index contributed by atoms with van der Waals surface area (Å²) in [6.07, 6.45) is 6.96. The third kappa shape index (κ3) is 1.96. The highest BCUT2D eigenvalue weighted by Gasteiger charge is 2.18. The van der Waals surface area contributed by atoms with E-state index in [2.05, 4.69) is 12.3 Å². The largest absolute Gasteiger partial charge is 0.271 e. The van der Waals surface area contributed by atoms with Crippen LogP contribution in [0.4, 0.5) is 0 Å². The second-order valence-corrected chi connectivity index (χ2v) is 3.35. The van der Waals surface area contributed by atoms with E-state index in [9.17, 15) is 0 Å². The van der Waals surface area contributed by atoms with Crippen LogP contribution in [0.15, 0.2) is 0 Å². The highest BCUT2D eigenvalue weighted by atomic mass is 15.2. The van der Waals surface area contributed by atoms with Crippen LogP contribution in [-0.4, -0.2) is 6.04 Å². The quantitative estimate of drug-likeness (QED) is 0.452. The van der Waals surface area contributed by atoms with Gasteiger partial charge in [-0.15, -0.1) is 0 Å². The normalized spacial score (nSPS) is 24.6. The lowest BCUT2D eigenvalue weighted by Crippen LogP contribution is -2.39. The standard InChI is InChI=1S/C8H18N2/c1-7(10-9)8-5-3-2-4-6-8/h7-8,10H,2-6,9H2,1H3/t7-/m0/s1. The Labute approximate surface area is 63.1 Å². The van der Waals surface area contributed by atoms with E-state index in [0.717, 1.165) is 5.92 Å². The fraction of sp³-hybridized carbons (Fsp3) is 1.00. The minimum atomic E-state index is 0.514. The van der Waals surface area contributed by atoms with Crippen LogP contribution in [0.1, 0.15) is 39.0 Å². The second-order valence-electron chi connectivity index (χ2n) is 3.35. The van der Waals surface area contributed by atoms with Crippen molar-refractivity contribution in [1.82, 2.24) is 5.43 Å². The molecule has 1 aliphatic rings. The van der Waals surface area contributed by atoms with Crippen molar-refractivity contribution in [3.05, 3.63) is 0 Å². The minimum absolute atomic E-state index is 0.514. The fourth-order valence-corrected chi connectivity index (χ4v) is 1.77. The third-order valence-electron chi connectivity index (χ3n) is 2.62. The Morgan fingerprint density at radius 2 is 1.90 bits per heavy atom. The lowest BCUT2D eigenvalue weighted by molar-refractivity contribution is 0.284. The maximum absolute atomic E-state index is 5.35. The van der Waals surface area contributed by atoms with Gasteiger partial charge in [0.05, 0.1) is 0 Å². The van der Waals surface area contributed by atoms with Gasteiger partial charge in [-0.05, 0) is 25.7 Å². The van der Waals surface area contributed by atoms with Crippen LogP contribution in [-0.2, 0) is 0 Å². The molecule has 10 heavy (non-hydrogen) atoms. The monoisotopic (exact) mass is 142 g/mol. The van der Waals surface area contributed by atoms with Crippen LogP contribution >= 0.6 is 0 Å². The molecule has 0 unspecified atom stereocenters. The first-order chi connectivity index (χ1) is 4.84. The molecule has 0 radical (unpaired) electrons. The van der Waals surface area contributed by atoms with Crippen LogP contribution in [0, 0.1) is 5.92 Å². The van der Waals surface area contributed by atoms with Gasteiger partial charge in [0.2, 0.25) is 0 Å². The van der Waals surface area contributed by atoms with Gasteiger partial charge in [-0.25, -0.2) is 0 Å². The van der Waals surface area contributed by atoms with Crippen LogP contribution in [0.5, 0.6) is 0 Å². The van der Waals surface area contributed by atoms with Gasteiger partial charge in [0.25, 0.3) is 0 Å². The zero-order chi connectivity index (χ0) is 7.40. The zero-order valence-corrected chi connectivity index (χ0v) is 6.77. The predicted molar refractivity (Wildman–Crippen MR) is 43.4 cm³/mol. The van der Waals surface area contributed by atoms with Crippen molar-refractivity contribution < 1.29 is 0 Å². The molecule has 2 heteroatoms. The molecule has 0 heterocycles. The van der Waals surface area contributed by atoms with Crippen molar-refractivity contribution >= 4 is 0 Å². The summed E-state index contributed by atoms with van der Waals surface area (Å²) in [5.74, 6) is 6.19. The first-order valence-electron chi connectivity index (χ1n) is 4.30. The van der Waals surface area contributed by atoms with Gasteiger partial charge in [0, 0.05) is 6.04 Å². The first kappa shape index (κ1) is 8.02. The van der Waals surface area contributed by atoms with Crippen molar-refractivity contribution in [3.63, 3.8) is 0 Å². The average Bonchev–Trinajstić information content (AvgIpc) is 2.05. The molecule has 2 nitrogen and oxygen atoms in total. The van der Waals surface area contributed by atoms with E-state index in [0.29, 0.717) is 6.04 Å². The number of nitrogens with two attached hydrogens (primary N) is 1. The van der Waals surface area contributed by atoms with E-state index < -0.39 is 0 Å². The van der Waals surface area contributed by atoms with E-state index in [-0.39, 0.29) is 0 Å². The molecular formula is C8H18N2. The number of nitrogens with one attached hydrogen (secondary N) is 1. The van der Waals surface area contributed by atoms with Crippen LogP contribution in [0.25, 0.3) is 0 Å². The maximum atomic E-state index is 5.35. The van der Waals surface area contributed by atoms with Crippen molar-refractivity contribution in [2.45, 2.75) is 45.1 Å². The summed E-state index contributed by atoms with van der Waals surface area (Å²) >= 11 is 0. The molecule has 0 aromatic heterocycles. The lowest BCUT2D eigenvalue weighted by Gasteiger charge is -2.26. The summed E-state index contributed by atoms with van der Waals surface area (Å²) in [5.41, 5.74) is 2.83. The molecule has 3 N–H and O–H groups in total. The summed E-state index contributed by atoms with van der Waals surface area (Å²) in [6.45, 7) is 2.18. The second kappa shape index (κ2) is 3.94. The molecule has 0 amide bonds. The van der Waals surface area contributed by atoms with Crippen LogP contribution in [0.3, 0.4) is 0 Å². The zero-order valence-electron chi connectivity index (χ0n) is 6.77. The fourth-order valence-electron chi connectivity index (χ4n) is 1.77. The molecule has 0 aromatic rings. The Morgan fingerprint density at radius 3 is 2.40 bits per heavy atom. The highest BCUT2D eigenvalue weighted by molar-refractivity contribution is 4.73. The predicted octanol–water partition coefficient (Wildman–Crippen LogP) is 1.42. The molecule has 0 spiro atoms. The Morgan fingerprint density at radius 1 is 1.30 bits per heavy atom. The molecule has 1 fully saturated rings. The Hall–Kier alpha value is -0.0800. The van der Waals surface area contributed by atoms with E-state index in [1.165, 1.54) is 32.1 Å². The summed E-state index contributed by atoms with van der Waals surface area (Å²) in [6, 6.07) is 0.514. The Bertz CT molecular complexity index is 87.3. The van der Waals surface area contributed by atoms with Crippen molar-refractivity contribution in [2.24, 2.45) is 11.8 Å². The maximum Gasteiger partial charge on any atom is 0.0210 e. The van der Waals surface area contributed by atoms with Crippen molar-refractivity contribution in [3.8, 4) is 0 Å². The van der Waals surface area contributed by atoms with E-state index in [1.807, 2.05) is 0 Å².